The Labute approximate surface area is 168 Å². The number of carbonyl (C=O) groups is 1. The molecule has 0 aliphatic carbocycles. The highest BCUT2D eigenvalue weighted by Gasteiger charge is 2.16. The highest BCUT2D eigenvalue weighted by molar-refractivity contribution is 9.10. The Morgan fingerprint density at radius 2 is 1.92 bits per heavy atom. The van der Waals surface area contributed by atoms with Crippen molar-refractivity contribution in [2.75, 3.05) is 6.61 Å². The maximum Gasteiger partial charge on any atom is 0.261 e. The van der Waals surface area contributed by atoms with Crippen LogP contribution in [-0.2, 0) is 0 Å². The van der Waals surface area contributed by atoms with Gasteiger partial charge >= 0.3 is 0 Å². The zero-order valence-corrected chi connectivity index (χ0v) is 17.3. The fraction of sp³-hybridized carbons (Fsp3) is 0.300. The number of ether oxygens (including phenoxy) is 1. The molecule has 4 nitrogen and oxygen atoms in total. The molecule has 0 aromatic heterocycles. The predicted molar refractivity (Wildman–Crippen MR) is 113 cm³/mol. The first-order valence-corrected chi connectivity index (χ1v) is 9.84. The molecule has 6 heteroatoms. The molecule has 1 unspecified atom stereocenters. The summed E-state index contributed by atoms with van der Waals surface area (Å²) in [5.74, 6) is 0.253. The van der Waals surface area contributed by atoms with E-state index in [4.69, 9.17) is 17.0 Å². The van der Waals surface area contributed by atoms with Crippen LogP contribution in [0.2, 0.25) is 0 Å². The van der Waals surface area contributed by atoms with Crippen molar-refractivity contribution in [1.82, 2.24) is 10.6 Å². The molecule has 2 N–H and O–H groups in total. The summed E-state index contributed by atoms with van der Waals surface area (Å²) in [6.07, 6.45) is 1.72. The van der Waals surface area contributed by atoms with Crippen LogP contribution in [0.3, 0.4) is 0 Å². The molecule has 1 amide bonds. The van der Waals surface area contributed by atoms with Crippen LogP contribution < -0.4 is 15.4 Å². The van der Waals surface area contributed by atoms with Crippen molar-refractivity contribution in [1.29, 1.82) is 0 Å². The minimum atomic E-state index is -0.294. The number of halogens is 1. The number of hydrogen-bond acceptors (Lipinski definition) is 3. The van der Waals surface area contributed by atoms with Gasteiger partial charge in [0.05, 0.1) is 18.2 Å². The third kappa shape index (κ3) is 5.81. The van der Waals surface area contributed by atoms with E-state index in [1.54, 1.807) is 12.1 Å². The maximum atomic E-state index is 12.7. The van der Waals surface area contributed by atoms with E-state index in [0.717, 1.165) is 22.9 Å². The Bertz CT molecular complexity index is 753. The molecule has 2 rings (SSSR count). The largest absolute Gasteiger partial charge is 0.493 e. The minimum Gasteiger partial charge on any atom is -0.493 e. The van der Waals surface area contributed by atoms with E-state index in [1.807, 2.05) is 43.3 Å². The number of rotatable bonds is 7. The molecule has 0 spiro atoms. The summed E-state index contributed by atoms with van der Waals surface area (Å²) in [6.45, 7) is 4.64. The van der Waals surface area contributed by atoms with Crippen LogP contribution in [0.25, 0.3) is 0 Å². The summed E-state index contributed by atoms with van der Waals surface area (Å²) in [5, 5.41) is 6.26. The predicted octanol–water partition coefficient (Wildman–Crippen LogP) is 4.99. The molecule has 0 heterocycles. The molecule has 2 aromatic rings. The summed E-state index contributed by atoms with van der Waals surface area (Å²) in [5.41, 5.74) is 1.57. The number of nitrogens with one attached hydrogen (secondary N) is 2. The van der Waals surface area contributed by atoms with Crippen LogP contribution in [0, 0.1) is 0 Å². The van der Waals surface area contributed by atoms with Gasteiger partial charge in [0, 0.05) is 4.47 Å². The zero-order chi connectivity index (χ0) is 18.9. The average molecular weight is 435 g/mol. The summed E-state index contributed by atoms with van der Waals surface area (Å²) in [6, 6.07) is 15.4. The van der Waals surface area contributed by atoms with E-state index in [-0.39, 0.29) is 11.9 Å². The highest BCUT2D eigenvalue weighted by atomic mass is 79.9. The normalized spacial score (nSPS) is 11.5. The average Bonchev–Trinajstić information content (AvgIpc) is 2.65. The molecule has 0 saturated heterocycles. The Hall–Kier alpha value is -1.92. The Morgan fingerprint density at radius 1 is 1.19 bits per heavy atom. The lowest BCUT2D eigenvalue weighted by Gasteiger charge is -2.20. The summed E-state index contributed by atoms with van der Waals surface area (Å²) in [4.78, 5) is 12.7. The number of benzene rings is 2. The van der Waals surface area contributed by atoms with Crippen LogP contribution in [0.15, 0.2) is 53.0 Å². The zero-order valence-electron chi connectivity index (χ0n) is 14.9. The van der Waals surface area contributed by atoms with Crippen molar-refractivity contribution in [3.05, 3.63) is 64.1 Å². The second-order valence-electron chi connectivity index (χ2n) is 5.79. The number of thiocarbonyl (C=S) groups is 1. The van der Waals surface area contributed by atoms with Crippen molar-refractivity contribution < 1.29 is 9.53 Å². The third-order valence-electron chi connectivity index (χ3n) is 3.79. The molecule has 0 saturated carbocycles. The van der Waals surface area contributed by atoms with E-state index in [0.29, 0.717) is 23.0 Å². The monoisotopic (exact) mass is 434 g/mol. The van der Waals surface area contributed by atoms with E-state index in [9.17, 15) is 4.79 Å². The van der Waals surface area contributed by atoms with E-state index < -0.39 is 0 Å². The molecule has 138 valence electrons. The van der Waals surface area contributed by atoms with Gasteiger partial charge in [0.25, 0.3) is 5.91 Å². The quantitative estimate of drug-likeness (QED) is 0.602. The third-order valence-corrected chi connectivity index (χ3v) is 4.50. The fourth-order valence-corrected chi connectivity index (χ4v) is 3.08. The Balaban J connectivity index is 2.07. The van der Waals surface area contributed by atoms with Gasteiger partial charge in [0.15, 0.2) is 5.11 Å². The number of hydrogen-bond donors (Lipinski definition) is 2. The van der Waals surface area contributed by atoms with Gasteiger partial charge in [-0.15, -0.1) is 0 Å². The highest BCUT2D eigenvalue weighted by Crippen LogP contribution is 2.23. The van der Waals surface area contributed by atoms with Gasteiger partial charge in [-0.1, -0.05) is 60.1 Å². The van der Waals surface area contributed by atoms with Crippen LogP contribution in [-0.4, -0.2) is 17.6 Å². The second kappa shape index (κ2) is 10.3. The lowest BCUT2D eigenvalue weighted by Crippen LogP contribution is -2.41. The van der Waals surface area contributed by atoms with E-state index >= 15 is 0 Å². The molecule has 0 bridgehead atoms. The summed E-state index contributed by atoms with van der Waals surface area (Å²) in [7, 11) is 0. The van der Waals surface area contributed by atoms with Crippen LogP contribution in [0.5, 0.6) is 5.75 Å². The maximum absolute atomic E-state index is 12.7. The van der Waals surface area contributed by atoms with Crippen LogP contribution >= 0.6 is 28.1 Å². The smallest absolute Gasteiger partial charge is 0.261 e. The first-order valence-electron chi connectivity index (χ1n) is 8.64. The van der Waals surface area contributed by atoms with Crippen LogP contribution in [0.4, 0.5) is 0 Å². The molecule has 1 atom stereocenters. The van der Waals surface area contributed by atoms with Crippen molar-refractivity contribution in [3.8, 4) is 5.75 Å². The van der Waals surface area contributed by atoms with Crippen molar-refractivity contribution in [3.63, 3.8) is 0 Å². The Morgan fingerprint density at radius 3 is 2.58 bits per heavy atom. The van der Waals surface area contributed by atoms with Gasteiger partial charge in [-0.2, -0.15) is 0 Å². The molecule has 0 fully saturated rings. The molecule has 2 aromatic carbocycles. The summed E-state index contributed by atoms with van der Waals surface area (Å²) >= 11 is 8.74. The summed E-state index contributed by atoms with van der Waals surface area (Å²) < 4.78 is 6.48. The molecule has 0 aliphatic rings. The molecular weight excluding hydrogens is 412 g/mol. The molecule has 0 aliphatic heterocycles. The van der Waals surface area contributed by atoms with Gasteiger partial charge in [0.1, 0.15) is 5.75 Å². The topological polar surface area (TPSA) is 50.4 Å². The minimum absolute atomic E-state index is 0.0438. The molecule has 0 radical (unpaired) electrons. The standard InChI is InChI=1S/C20H23BrN2O2S/c1-3-12-25-18-11-10-15(21)13-16(18)19(24)23-20(26)22-17(4-2)14-8-6-5-7-9-14/h5-11,13,17H,3-4,12H2,1-2H3,(H2,22,23,24,26). The van der Waals surface area contributed by atoms with Crippen LogP contribution in [0.1, 0.15) is 48.7 Å². The van der Waals surface area contributed by atoms with Gasteiger partial charge in [-0.05, 0) is 48.8 Å². The molecular formula is C20H23BrN2O2S. The Kier molecular flexibility index (Phi) is 8.06. The van der Waals surface area contributed by atoms with E-state index in [1.165, 1.54) is 0 Å². The number of carbonyl (C=O) groups excluding carboxylic acids is 1. The van der Waals surface area contributed by atoms with Gasteiger partial charge in [-0.3, -0.25) is 10.1 Å². The first kappa shape index (κ1) is 20.4. The first-order chi connectivity index (χ1) is 12.5. The van der Waals surface area contributed by atoms with Crippen molar-refractivity contribution in [2.45, 2.75) is 32.7 Å². The lowest BCUT2D eigenvalue weighted by molar-refractivity contribution is 0.0972. The van der Waals surface area contributed by atoms with Crippen molar-refractivity contribution >= 4 is 39.2 Å². The fourth-order valence-electron chi connectivity index (χ4n) is 2.49. The number of amides is 1. The molecule has 26 heavy (non-hydrogen) atoms. The SMILES string of the molecule is CCCOc1ccc(Br)cc1C(=O)NC(=S)NC(CC)c1ccccc1. The lowest BCUT2D eigenvalue weighted by atomic mass is 10.1. The van der Waals surface area contributed by atoms with E-state index in [2.05, 4.69) is 33.5 Å². The van der Waals surface area contributed by atoms with Gasteiger partial charge in [0.2, 0.25) is 0 Å². The van der Waals surface area contributed by atoms with Gasteiger partial charge in [-0.25, -0.2) is 0 Å². The van der Waals surface area contributed by atoms with Crippen molar-refractivity contribution in [2.24, 2.45) is 0 Å². The second-order valence-corrected chi connectivity index (χ2v) is 7.11. The van der Waals surface area contributed by atoms with Gasteiger partial charge < -0.3 is 10.1 Å².